The highest BCUT2D eigenvalue weighted by molar-refractivity contribution is 6.35. The summed E-state index contributed by atoms with van der Waals surface area (Å²) in [7, 11) is 1.61. The van der Waals surface area contributed by atoms with E-state index in [2.05, 4.69) is 10.4 Å². The number of rotatable bonds is 7. The van der Waals surface area contributed by atoms with E-state index < -0.39 is 6.09 Å². The van der Waals surface area contributed by atoms with Crippen molar-refractivity contribution in [1.29, 1.82) is 0 Å². The lowest BCUT2D eigenvalue weighted by Gasteiger charge is -2.26. The summed E-state index contributed by atoms with van der Waals surface area (Å²) in [4.78, 5) is 26.5. The van der Waals surface area contributed by atoms with Crippen LogP contribution in [0.5, 0.6) is 11.6 Å². The number of carbonyl (C=O) groups is 2. The molecule has 5 rings (SSSR count). The molecule has 0 spiro atoms. The molecule has 3 aromatic carbocycles. The van der Waals surface area contributed by atoms with E-state index >= 15 is 0 Å². The van der Waals surface area contributed by atoms with E-state index in [1.807, 2.05) is 67.6 Å². The van der Waals surface area contributed by atoms with Crippen LogP contribution in [0.1, 0.15) is 35.3 Å². The summed E-state index contributed by atoms with van der Waals surface area (Å²) in [6.45, 7) is 2.37. The van der Waals surface area contributed by atoms with E-state index in [-0.39, 0.29) is 18.5 Å². The first-order chi connectivity index (χ1) is 19.4. The molecule has 2 heterocycles. The molecule has 0 fully saturated rings. The van der Waals surface area contributed by atoms with Crippen LogP contribution in [-0.2, 0) is 11.3 Å². The minimum atomic E-state index is -0.671. The Morgan fingerprint density at radius 1 is 1.05 bits per heavy atom. The van der Waals surface area contributed by atoms with Crippen LogP contribution in [0.2, 0.25) is 10.0 Å². The van der Waals surface area contributed by atoms with Gasteiger partial charge in [0, 0.05) is 11.6 Å². The van der Waals surface area contributed by atoms with Gasteiger partial charge in [0.2, 0.25) is 12.3 Å². The molecule has 40 heavy (non-hydrogen) atoms. The molecule has 8 nitrogen and oxygen atoms in total. The molecule has 1 aliphatic heterocycles. The van der Waals surface area contributed by atoms with Crippen molar-refractivity contribution in [2.75, 3.05) is 13.7 Å². The number of nitrogens with one attached hydrogen (secondary N) is 1. The van der Waals surface area contributed by atoms with Gasteiger partial charge in [-0.25, -0.2) is 9.48 Å². The quantitative estimate of drug-likeness (QED) is 0.252. The first-order valence-corrected chi connectivity index (χ1v) is 13.3. The van der Waals surface area contributed by atoms with Crippen molar-refractivity contribution in [3.05, 3.63) is 105 Å². The minimum Gasteiger partial charge on any atom is -0.497 e. The minimum absolute atomic E-state index is 0.0750. The summed E-state index contributed by atoms with van der Waals surface area (Å²) in [5, 5.41) is 8.35. The van der Waals surface area contributed by atoms with Gasteiger partial charge in [-0.15, -0.1) is 5.10 Å². The van der Waals surface area contributed by atoms with E-state index in [1.165, 1.54) is 0 Å². The van der Waals surface area contributed by atoms with E-state index in [0.717, 1.165) is 28.9 Å². The molecule has 0 radical (unpaired) electrons. The smallest absolute Gasteiger partial charge is 0.414 e. The molecular weight excluding hydrogens is 551 g/mol. The first-order valence-electron chi connectivity index (χ1n) is 12.5. The number of nitrogens with zero attached hydrogens (tertiary/aromatic N) is 3. The van der Waals surface area contributed by atoms with Crippen LogP contribution in [0.4, 0.5) is 4.79 Å². The fourth-order valence-electron chi connectivity index (χ4n) is 4.57. The number of benzene rings is 3. The third kappa shape index (κ3) is 5.83. The Morgan fingerprint density at radius 2 is 1.80 bits per heavy atom. The molecule has 10 heteroatoms. The van der Waals surface area contributed by atoms with Gasteiger partial charge in [0.05, 0.1) is 41.7 Å². The molecule has 0 aliphatic carbocycles. The third-order valence-electron chi connectivity index (χ3n) is 6.55. The summed E-state index contributed by atoms with van der Waals surface area (Å²) >= 11 is 12.8. The summed E-state index contributed by atoms with van der Waals surface area (Å²) in [6.07, 6.45) is 2.05. The second-order valence-corrected chi connectivity index (χ2v) is 10.1. The number of hydrogen-bond donors (Lipinski definition) is 1. The number of hydrogen-bond acceptors (Lipinski definition) is 5. The standard InChI is InChI=1S/C30H26Cl2N4O4/c1-19(21-6-4-3-5-7-21)33-30(38)40-29-25-17-35(18-37)16-22(14-20-8-11-24(39-2)12-9-20)28(25)36(34-29)27-13-10-23(31)15-26(27)32/h3-15,18-19H,16-17H2,1-2H3,(H,33,38)/b22-14+/t19-/m1/s1. The number of carbonyl (C=O) groups excluding carboxylic acids is 2. The van der Waals surface area contributed by atoms with Crippen LogP contribution >= 0.6 is 23.2 Å². The van der Waals surface area contributed by atoms with Crippen molar-refractivity contribution in [1.82, 2.24) is 20.0 Å². The molecule has 1 N–H and O–H groups in total. The second-order valence-electron chi connectivity index (χ2n) is 9.26. The predicted octanol–water partition coefficient (Wildman–Crippen LogP) is 6.55. The van der Waals surface area contributed by atoms with Gasteiger partial charge in [-0.3, -0.25) is 4.79 Å². The summed E-state index contributed by atoms with van der Waals surface area (Å²) in [5.74, 6) is 0.802. The summed E-state index contributed by atoms with van der Waals surface area (Å²) in [5.41, 5.74) is 4.40. The maximum Gasteiger partial charge on any atom is 0.414 e. The summed E-state index contributed by atoms with van der Waals surface area (Å²) < 4.78 is 12.7. The van der Waals surface area contributed by atoms with Crippen LogP contribution in [0.25, 0.3) is 17.3 Å². The van der Waals surface area contributed by atoms with Gasteiger partial charge < -0.3 is 19.7 Å². The van der Waals surface area contributed by atoms with Gasteiger partial charge in [-0.2, -0.15) is 0 Å². The van der Waals surface area contributed by atoms with Crippen LogP contribution in [0, 0.1) is 0 Å². The Balaban J connectivity index is 1.58. The maximum atomic E-state index is 13.0. The average Bonchev–Trinajstić information content (AvgIpc) is 3.31. The Morgan fingerprint density at radius 3 is 2.48 bits per heavy atom. The zero-order chi connectivity index (χ0) is 28.2. The highest BCUT2D eigenvalue weighted by atomic mass is 35.5. The maximum absolute atomic E-state index is 13.0. The van der Waals surface area contributed by atoms with Gasteiger partial charge in [0.15, 0.2) is 0 Å². The Bertz CT molecular complexity index is 1570. The fraction of sp³-hybridized carbons (Fsp3) is 0.167. The molecule has 1 atom stereocenters. The molecule has 0 bridgehead atoms. The van der Waals surface area contributed by atoms with Crippen molar-refractivity contribution < 1.29 is 19.1 Å². The zero-order valence-electron chi connectivity index (χ0n) is 21.8. The van der Waals surface area contributed by atoms with E-state index in [4.69, 9.17) is 32.7 Å². The normalized spacial score (nSPS) is 14.4. The lowest BCUT2D eigenvalue weighted by Crippen LogP contribution is -2.31. The van der Waals surface area contributed by atoms with Gasteiger partial charge >= 0.3 is 6.09 Å². The zero-order valence-corrected chi connectivity index (χ0v) is 23.3. The second kappa shape index (κ2) is 11.9. The van der Waals surface area contributed by atoms with Gasteiger partial charge in [-0.1, -0.05) is 65.7 Å². The van der Waals surface area contributed by atoms with Gasteiger partial charge in [0.1, 0.15) is 5.75 Å². The molecule has 1 aromatic heterocycles. The topological polar surface area (TPSA) is 85.7 Å². The molecule has 4 aromatic rings. The number of ether oxygens (including phenoxy) is 2. The average molecular weight is 577 g/mol. The SMILES string of the molecule is COc1ccc(/C=C2\CN(C=O)Cc3c(OC(=O)N[C@H](C)c4ccccc4)nn(-c4ccc(Cl)cc4Cl)c32)cc1. The molecule has 1 aliphatic rings. The molecule has 0 saturated heterocycles. The lowest BCUT2D eigenvalue weighted by molar-refractivity contribution is -0.118. The van der Waals surface area contributed by atoms with Crippen molar-refractivity contribution in [2.24, 2.45) is 0 Å². The number of halogens is 2. The largest absolute Gasteiger partial charge is 0.497 e. The van der Waals surface area contributed by atoms with Crippen molar-refractivity contribution in [3.8, 4) is 17.3 Å². The third-order valence-corrected chi connectivity index (χ3v) is 7.09. The number of amides is 2. The van der Waals surface area contributed by atoms with Crippen LogP contribution in [-0.4, -0.2) is 40.8 Å². The van der Waals surface area contributed by atoms with Crippen molar-refractivity contribution in [2.45, 2.75) is 19.5 Å². The highest BCUT2D eigenvalue weighted by Crippen LogP contribution is 2.38. The summed E-state index contributed by atoms with van der Waals surface area (Å²) in [6, 6.07) is 21.9. The highest BCUT2D eigenvalue weighted by Gasteiger charge is 2.31. The fourth-order valence-corrected chi connectivity index (χ4v) is 5.06. The first kappa shape index (κ1) is 27.3. The monoisotopic (exact) mass is 576 g/mol. The molecule has 0 saturated carbocycles. The predicted molar refractivity (Wildman–Crippen MR) is 155 cm³/mol. The van der Waals surface area contributed by atoms with Crippen LogP contribution < -0.4 is 14.8 Å². The van der Waals surface area contributed by atoms with Gasteiger partial charge in [0.25, 0.3) is 0 Å². The van der Waals surface area contributed by atoms with Crippen molar-refractivity contribution in [3.63, 3.8) is 0 Å². The molecular formula is C30H26Cl2N4O4. The number of aromatic nitrogens is 2. The van der Waals surface area contributed by atoms with E-state index in [9.17, 15) is 9.59 Å². The van der Waals surface area contributed by atoms with Crippen LogP contribution in [0.15, 0.2) is 72.8 Å². The number of methoxy groups -OCH3 is 1. The molecule has 0 unspecified atom stereocenters. The molecule has 204 valence electrons. The Hall–Kier alpha value is -4.27. The van der Waals surface area contributed by atoms with E-state index in [0.29, 0.717) is 33.5 Å². The molecule has 2 amide bonds. The lowest BCUT2D eigenvalue weighted by atomic mass is 9.99. The number of fused-ring (bicyclic) bond motifs is 1. The van der Waals surface area contributed by atoms with Crippen LogP contribution in [0.3, 0.4) is 0 Å². The van der Waals surface area contributed by atoms with Gasteiger partial charge in [-0.05, 0) is 60.0 Å². The van der Waals surface area contributed by atoms with Crippen molar-refractivity contribution >= 4 is 47.4 Å². The Kier molecular flexibility index (Phi) is 8.09. The Labute approximate surface area is 241 Å². The van der Waals surface area contributed by atoms with E-state index in [1.54, 1.807) is 34.9 Å².